The molecule has 2 aromatic carbocycles. The Kier molecular flexibility index (Phi) is 6.80. The number of carbonyl (C=O) groups is 1. The Bertz CT molecular complexity index is 1590. The third-order valence-electron chi connectivity index (χ3n) is 6.65. The molecule has 2 aromatic heterocycles. The molecule has 0 radical (unpaired) electrons. The van der Waals surface area contributed by atoms with E-state index in [9.17, 15) is 14.0 Å². The van der Waals surface area contributed by atoms with Crippen molar-refractivity contribution >= 4 is 22.0 Å². The number of aromatic nitrogens is 4. The molecule has 2 heterocycles. The molecule has 0 bridgehead atoms. The number of hydrogen-bond acceptors (Lipinski definition) is 4. The number of hydrogen-bond donors (Lipinski definition) is 1. The van der Waals surface area contributed by atoms with E-state index in [1.807, 2.05) is 0 Å². The van der Waals surface area contributed by atoms with Gasteiger partial charge in [0.15, 0.2) is 0 Å². The van der Waals surface area contributed by atoms with Gasteiger partial charge in [-0.05, 0) is 77.7 Å². The second kappa shape index (κ2) is 10.2. The molecular weight excluding hydrogens is 539 g/mol. The van der Waals surface area contributed by atoms with E-state index < -0.39 is 18.4 Å². The van der Waals surface area contributed by atoms with Crippen molar-refractivity contribution in [2.24, 2.45) is 0 Å². The second-order valence-corrected chi connectivity index (χ2v) is 9.90. The number of imidazole rings is 1. The number of nitrogens with one attached hydrogen (secondary N) is 1. The van der Waals surface area contributed by atoms with Crippen LogP contribution >= 0.6 is 15.9 Å². The van der Waals surface area contributed by atoms with Gasteiger partial charge in [-0.2, -0.15) is 10.4 Å². The van der Waals surface area contributed by atoms with E-state index >= 15 is 0 Å². The average Bonchev–Trinajstić information content (AvgIpc) is 3.64. The van der Waals surface area contributed by atoms with Crippen LogP contribution in [0.25, 0.3) is 22.8 Å². The first-order valence-corrected chi connectivity index (χ1v) is 12.8. The number of nitrogens with zero attached hydrogens (tertiary/aromatic N) is 5. The van der Waals surface area contributed by atoms with Gasteiger partial charge in [0, 0.05) is 16.7 Å². The van der Waals surface area contributed by atoms with Crippen LogP contribution in [0.1, 0.15) is 42.5 Å². The molecule has 0 saturated heterocycles. The molecule has 1 aliphatic carbocycles. The molecule has 1 aliphatic rings. The molecule has 1 amide bonds. The lowest BCUT2D eigenvalue weighted by Crippen LogP contribution is -2.41. The van der Waals surface area contributed by atoms with Crippen molar-refractivity contribution in [2.75, 3.05) is 0 Å². The molecule has 0 unspecified atom stereocenters. The Balaban J connectivity index is 1.65. The molecule has 188 valence electrons. The van der Waals surface area contributed by atoms with E-state index in [-0.39, 0.29) is 6.04 Å². The lowest BCUT2D eigenvalue weighted by Gasteiger charge is -2.13. The quantitative estimate of drug-likeness (QED) is 0.352. The zero-order valence-corrected chi connectivity index (χ0v) is 21.7. The van der Waals surface area contributed by atoms with Crippen LogP contribution < -0.4 is 11.0 Å². The first-order chi connectivity index (χ1) is 17.9. The van der Waals surface area contributed by atoms with Gasteiger partial charge < -0.3 is 5.32 Å². The fourth-order valence-corrected chi connectivity index (χ4v) is 5.39. The maximum Gasteiger partial charge on any atom is 0.341 e. The second-order valence-electron chi connectivity index (χ2n) is 9.05. The molecule has 4 aromatic rings. The normalized spacial score (nSPS) is 13.6. The third-order valence-corrected chi connectivity index (χ3v) is 7.28. The van der Waals surface area contributed by atoms with E-state index in [1.165, 1.54) is 4.57 Å². The Morgan fingerprint density at radius 3 is 2.70 bits per heavy atom. The molecule has 8 nitrogen and oxygen atoms in total. The molecule has 1 fully saturated rings. The third kappa shape index (κ3) is 4.62. The summed E-state index contributed by atoms with van der Waals surface area (Å²) in [5, 5.41) is 16.8. The zero-order chi connectivity index (χ0) is 26.1. The number of halogens is 2. The first-order valence-electron chi connectivity index (χ1n) is 12.0. The van der Waals surface area contributed by atoms with Crippen molar-refractivity contribution in [3.05, 3.63) is 86.5 Å². The standard InChI is InChI=1S/C27H24BrFN6O2/c1-17-25(23-11-12-33(32-23)24-10-9-19(16-30)14-22(24)28)35(26(36)31-20-6-2-3-7-20)27(37)34(17)21-8-4-5-18(13-21)15-29/h4-5,8-14,20H,2-3,6-7,15H2,1H3,(H,31,36). The Hall–Kier alpha value is -3.97. The summed E-state index contributed by atoms with van der Waals surface area (Å²) in [5.74, 6) is 0. The largest absolute Gasteiger partial charge is 0.341 e. The molecular formula is C27H24BrFN6O2. The smallest absolute Gasteiger partial charge is 0.335 e. The number of alkyl halides is 1. The molecule has 0 aliphatic heterocycles. The Labute approximate surface area is 221 Å². The highest BCUT2D eigenvalue weighted by Crippen LogP contribution is 2.27. The van der Waals surface area contributed by atoms with Gasteiger partial charge in [0.25, 0.3) is 0 Å². The molecule has 37 heavy (non-hydrogen) atoms. The van der Waals surface area contributed by atoms with Gasteiger partial charge in [-0.3, -0.25) is 4.57 Å². The van der Waals surface area contributed by atoms with Crippen LogP contribution in [0, 0.1) is 18.3 Å². The predicted octanol–water partition coefficient (Wildman–Crippen LogP) is 5.40. The number of rotatable bonds is 5. The van der Waals surface area contributed by atoms with E-state index in [1.54, 1.807) is 66.3 Å². The van der Waals surface area contributed by atoms with Crippen molar-refractivity contribution in [2.45, 2.75) is 45.3 Å². The summed E-state index contributed by atoms with van der Waals surface area (Å²) in [7, 11) is 0. The molecule has 0 atom stereocenters. The van der Waals surface area contributed by atoms with Crippen molar-refractivity contribution in [3.63, 3.8) is 0 Å². The van der Waals surface area contributed by atoms with Crippen LogP contribution in [-0.2, 0) is 6.67 Å². The monoisotopic (exact) mass is 562 g/mol. The fraction of sp³-hybridized carbons (Fsp3) is 0.259. The van der Waals surface area contributed by atoms with Gasteiger partial charge in [-0.1, -0.05) is 25.0 Å². The van der Waals surface area contributed by atoms with Crippen molar-refractivity contribution in [1.82, 2.24) is 24.2 Å². The molecule has 0 spiro atoms. The van der Waals surface area contributed by atoms with Gasteiger partial charge in [0.2, 0.25) is 0 Å². The summed E-state index contributed by atoms with van der Waals surface area (Å²) in [6.45, 7) is 1.08. The van der Waals surface area contributed by atoms with Crippen LogP contribution in [0.15, 0.2) is 64.0 Å². The van der Waals surface area contributed by atoms with E-state index in [0.717, 1.165) is 30.3 Å². The van der Waals surface area contributed by atoms with Crippen LogP contribution in [0.5, 0.6) is 0 Å². The Morgan fingerprint density at radius 2 is 2.00 bits per heavy atom. The van der Waals surface area contributed by atoms with E-state index in [0.29, 0.717) is 44.1 Å². The van der Waals surface area contributed by atoms with Crippen molar-refractivity contribution < 1.29 is 9.18 Å². The average molecular weight is 563 g/mol. The van der Waals surface area contributed by atoms with Gasteiger partial charge in [0.05, 0.1) is 28.7 Å². The van der Waals surface area contributed by atoms with Gasteiger partial charge >= 0.3 is 11.7 Å². The number of carbonyl (C=O) groups excluding carboxylic acids is 1. The minimum atomic E-state index is -0.665. The first kappa shape index (κ1) is 24.7. The minimum absolute atomic E-state index is 0.0120. The molecule has 1 N–H and O–H groups in total. The van der Waals surface area contributed by atoms with Crippen molar-refractivity contribution in [3.8, 4) is 28.8 Å². The predicted molar refractivity (Wildman–Crippen MR) is 141 cm³/mol. The van der Waals surface area contributed by atoms with E-state index in [2.05, 4.69) is 32.4 Å². The maximum atomic E-state index is 13.7. The highest BCUT2D eigenvalue weighted by atomic mass is 79.9. The van der Waals surface area contributed by atoms with E-state index in [4.69, 9.17) is 5.26 Å². The molecule has 5 rings (SSSR count). The summed E-state index contributed by atoms with van der Waals surface area (Å²) in [6.07, 6.45) is 5.54. The highest BCUT2D eigenvalue weighted by molar-refractivity contribution is 9.10. The van der Waals surface area contributed by atoms with Gasteiger partial charge in [-0.15, -0.1) is 0 Å². The lowest BCUT2D eigenvalue weighted by molar-refractivity contribution is 0.238. The summed E-state index contributed by atoms with van der Waals surface area (Å²) < 4.78 is 18.2. The summed E-state index contributed by atoms with van der Waals surface area (Å²) in [4.78, 5) is 27.1. The number of amides is 1. The Morgan fingerprint density at radius 1 is 1.22 bits per heavy atom. The topological polar surface area (TPSA) is 97.6 Å². The van der Waals surface area contributed by atoms with Crippen LogP contribution in [0.2, 0.25) is 0 Å². The summed E-state index contributed by atoms with van der Waals surface area (Å²) >= 11 is 3.49. The SMILES string of the molecule is Cc1c(-c2ccn(-c3ccc(C#N)cc3Br)n2)n(C(=O)NC2CCCC2)c(=O)n1-c1cccc(CF)c1. The summed E-state index contributed by atoms with van der Waals surface area (Å²) in [5.41, 5.74) is 2.84. The molecule has 1 saturated carbocycles. The number of benzene rings is 2. The van der Waals surface area contributed by atoms with Crippen molar-refractivity contribution in [1.29, 1.82) is 5.26 Å². The minimum Gasteiger partial charge on any atom is -0.335 e. The van der Waals surface area contributed by atoms with Crippen LogP contribution in [0.4, 0.5) is 9.18 Å². The fourth-order valence-electron chi connectivity index (χ4n) is 4.83. The lowest BCUT2D eigenvalue weighted by atomic mass is 10.2. The summed E-state index contributed by atoms with van der Waals surface area (Å²) in [6, 6.07) is 15.1. The molecule has 10 heteroatoms. The highest BCUT2D eigenvalue weighted by Gasteiger charge is 2.27. The van der Waals surface area contributed by atoms with Crippen LogP contribution in [0.3, 0.4) is 0 Å². The van der Waals surface area contributed by atoms with Crippen LogP contribution in [-0.4, -0.2) is 31.0 Å². The maximum absolute atomic E-state index is 13.7. The number of nitriles is 1. The zero-order valence-electron chi connectivity index (χ0n) is 20.1. The van der Waals surface area contributed by atoms with Gasteiger partial charge in [0.1, 0.15) is 18.1 Å². The van der Waals surface area contributed by atoms with Gasteiger partial charge in [-0.25, -0.2) is 23.2 Å².